The van der Waals surface area contributed by atoms with E-state index in [0.29, 0.717) is 18.0 Å². The van der Waals surface area contributed by atoms with Gasteiger partial charge >= 0.3 is 0 Å². The Morgan fingerprint density at radius 3 is 2.47 bits per heavy atom. The Morgan fingerprint density at radius 1 is 1.35 bits per heavy atom. The molecule has 0 saturated heterocycles. The summed E-state index contributed by atoms with van der Waals surface area (Å²) in [4.78, 5) is 12.5. The Kier molecular flexibility index (Phi) is 4.63. The minimum Gasteiger partial charge on any atom is -0.393 e. The van der Waals surface area contributed by atoms with Gasteiger partial charge in [-0.15, -0.1) is 0 Å². The first kappa shape index (κ1) is 13.6. The van der Waals surface area contributed by atoms with E-state index in [-0.39, 0.29) is 5.91 Å². The average molecular weight is 250 g/mol. The lowest BCUT2D eigenvalue weighted by atomic mass is 9.84. The third-order valence-corrected chi connectivity index (χ3v) is 2.92. The summed E-state index contributed by atoms with van der Waals surface area (Å²) in [6, 6.07) is 9.70. The van der Waals surface area contributed by atoms with Crippen LogP contribution in [0.5, 0.6) is 0 Å². The number of hydrogen-bond acceptors (Lipinski definition) is 2. The first-order valence-electron chi connectivity index (χ1n) is 5.56. The molecule has 0 unspecified atom stereocenters. The molecule has 1 aromatic carbocycles. The second-order valence-corrected chi connectivity index (χ2v) is 4.99. The Morgan fingerprint density at radius 2 is 1.94 bits per heavy atom. The van der Waals surface area contributed by atoms with Gasteiger partial charge in [0.2, 0.25) is 5.91 Å². The predicted octanol–water partition coefficient (Wildman–Crippen LogP) is 1.76. The fourth-order valence-electron chi connectivity index (χ4n) is 1.51. The summed E-state index contributed by atoms with van der Waals surface area (Å²) >= 11 is 4.76. The molecule has 0 aliphatic carbocycles. The topological polar surface area (TPSA) is 55.1 Å². The fourth-order valence-corrected chi connectivity index (χ4v) is 1.61. The van der Waals surface area contributed by atoms with Gasteiger partial charge in [-0.05, 0) is 19.4 Å². The predicted molar refractivity (Wildman–Crippen MR) is 73.9 cm³/mol. The maximum Gasteiger partial charge on any atom is 0.230 e. The normalized spacial score (nSPS) is 10.9. The summed E-state index contributed by atoms with van der Waals surface area (Å²) in [7, 11) is 0. The number of carbonyl (C=O) groups excluding carboxylic acids is 1. The van der Waals surface area contributed by atoms with Crippen LogP contribution in [0.15, 0.2) is 30.3 Å². The minimum absolute atomic E-state index is 0.0139. The van der Waals surface area contributed by atoms with E-state index in [0.717, 1.165) is 5.56 Å². The van der Waals surface area contributed by atoms with Gasteiger partial charge in [-0.3, -0.25) is 4.79 Å². The summed E-state index contributed by atoms with van der Waals surface area (Å²) in [6.45, 7) is 4.29. The molecule has 0 aromatic heterocycles. The van der Waals surface area contributed by atoms with E-state index >= 15 is 0 Å². The highest BCUT2D eigenvalue weighted by Crippen LogP contribution is 2.22. The molecule has 0 bridgehead atoms. The third-order valence-electron chi connectivity index (χ3n) is 2.72. The molecular formula is C13H18N2OS. The molecular weight excluding hydrogens is 232 g/mol. The zero-order valence-electron chi connectivity index (χ0n) is 10.2. The van der Waals surface area contributed by atoms with Crippen LogP contribution >= 0.6 is 12.2 Å². The van der Waals surface area contributed by atoms with Crippen LogP contribution in [0.2, 0.25) is 0 Å². The van der Waals surface area contributed by atoms with Crippen molar-refractivity contribution in [1.82, 2.24) is 5.32 Å². The summed E-state index contributed by atoms with van der Waals surface area (Å²) in [6.07, 6.45) is 0.534. The van der Waals surface area contributed by atoms with Crippen LogP contribution in [-0.2, 0) is 10.2 Å². The Hall–Kier alpha value is -1.42. The van der Waals surface area contributed by atoms with Crippen LogP contribution in [0.3, 0.4) is 0 Å². The van der Waals surface area contributed by atoms with E-state index in [9.17, 15) is 4.79 Å². The number of nitrogens with two attached hydrogens (primary N) is 1. The smallest absolute Gasteiger partial charge is 0.230 e. The van der Waals surface area contributed by atoms with Crippen molar-refractivity contribution in [2.24, 2.45) is 5.73 Å². The standard InChI is InChI=1S/C13H18N2OS/c1-13(2,10-6-4-3-5-7-10)12(16)15-9-8-11(14)17/h3-7H,8-9H2,1-2H3,(H2,14,17)(H,15,16). The van der Waals surface area contributed by atoms with E-state index < -0.39 is 5.41 Å². The molecule has 1 amide bonds. The maximum absolute atomic E-state index is 12.1. The zero-order chi connectivity index (χ0) is 12.9. The molecule has 0 aliphatic rings. The summed E-state index contributed by atoms with van der Waals surface area (Å²) in [5.41, 5.74) is 5.83. The lowest BCUT2D eigenvalue weighted by molar-refractivity contribution is -0.125. The van der Waals surface area contributed by atoms with Crippen LogP contribution in [0, 0.1) is 0 Å². The van der Waals surface area contributed by atoms with Crippen LogP contribution < -0.4 is 11.1 Å². The van der Waals surface area contributed by atoms with Crippen molar-refractivity contribution in [3.05, 3.63) is 35.9 Å². The summed E-state index contributed by atoms with van der Waals surface area (Å²) < 4.78 is 0. The largest absolute Gasteiger partial charge is 0.393 e. The van der Waals surface area contributed by atoms with Crippen molar-refractivity contribution in [3.8, 4) is 0 Å². The molecule has 0 spiro atoms. The van der Waals surface area contributed by atoms with E-state index in [1.807, 2.05) is 44.2 Å². The van der Waals surface area contributed by atoms with E-state index in [4.69, 9.17) is 18.0 Å². The minimum atomic E-state index is -0.544. The molecule has 17 heavy (non-hydrogen) atoms. The van der Waals surface area contributed by atoms with Crippen LogP contribution in [-0.4, -0.2) is 17.4 Å². The number of nitrogens with one attached hydrogen (secondary N) is 1. The van der Waals surface area contributed by atoms with Crippen molar-refractivity contribution >= 4 is 23.1 Å². The van der Waals surface area contributed by atoms with Crippen molar-refractivity contribution < 1.29 is 4.79 Å². The number of amides is 1. The van der Waals surface area contributed by atoms with Gasteiger partial charge in [-0.1, -0.05) is 42.5 Å². The SMILES string of the molecule is CC(C)(C(=O)NCCC(N)=S)c1ccccc1. The fraction of sp³-hybridized carbons (Fsp3) is 0.385. The number of rotatable bonds is 5. The monoisotopic (exact) mass is 250 g/mol. The lowest BCUT2D eigenvalue weighted by Crippen LogP contribution is -2.41. The Balaban J connectivity index is 2.64. The summed E-state index contributed by atoms with van der Waals surface area (Å²) in [5.74, 6) is -0.0139. The molecule has 0 radical (unpaired) electrons. The molecule has 4 heteroatoms. The van der Waals surface area contributed by atoms with Gasteiger partial charge < -0.3 is 11.1 Å². The number of benzene rings is 1. The highest BCUT2D eigenvalue weighted by molar-refractivity contribution is 7.80. The molecule has 0 aliphatic heterocycles. The van der Waals surface area contributed by atoms with E-state index in [1.54, 1.807) is 0 Å². The molecule has 3 nitrogen and oxygen atoms in total. The lowest BCUT2D eigenvalue weighted by Gasteiger charge is -2.24. The molecule has 0 saturated carbocycles. The van der Waals surface area contributed by atoms with Gasteiger partial charge in [0.15, 0.2) is 0 Å². The highest BCUT2D eigenvalue weighted by atomic mass is 32.1. The van der Waals surface area contributed by atoms with Crippen LogP contribution in [0.4, 0.5) is 0 Å². The van der Waals surface area contributed by atoms with Gasteiger partial charge in [-0.25, -0.2) is 0 Å². The molecule has 0 fully saturated rings. The molecule has 0 heterocycles. The quantitative estimate of drug-likeness (QED) is 0.783. The molecule has 1 rings (SSSR count). The summed E-state index contributed by atoms with van der Waals surface area (Å²) in [5, 5.41) is 2.85. The average Bonchev–Trinajstić information content (AvgIpc) is 2.29. The number of carbonyl (C=O) groups is 1. The number of hydrogen-bond donors (Lipinski definition) is 2. The second kappa shape index (κ2) is 5.77. The molecule has 0 atom stereocenters. The Labute approximate surface area is 107 Å². The van der Waals surface area contributed by atoms with E-state index in [1.165, 1.54) is 0 Å². The molecule has 1 aromatic rings. The van der Waals surface area contributed by atoms with Crippen molar-refractivity contribution in [3.63, 3.8) is 0 Å². The van der Waals surface area contributed by atoms with Crippen LogP contribution in [0.1, 0.15) is 25.8 Å². The Bertz CT molecular complexity index is 401. The van der Waals surface area contributed by atoms with Gasteiger partial charge in [-0.2, -0.15) is 0 Å². The molecule has 3 N–H and O–H groups in total. The van der Waals surface area contributed by atoms with Crippen molar-refractivity contribution in [1.29, 1.82) is 0 Å². The van der Waals surface area contributed by atoms with Crippen molar-refractivity contribution in [2.75, 3.05) is 6.54 Å². The van der Waals surface area contributed by atoms with Gasteiger partial charge in [0, 0.05) is 13.0 Å². The number of thiocarbonyl (C=S) groups is 1. The van der Waals surface area contributed by atoms with Crippen molar-refractivity contribution in [2.45, 2.75) is 25.7 Å². The van der Waals surface area contributed by atoms with Gasteiger partial charge in [0.05, 0.1) is 10.4 Å². The second-order valence-electron chi connectivity index (χ2n) is 4.46. The van der Waals surface area contributed by atoms with Gasteiger partial charge in [0.25, 0.3) is 0 Å². The van der Waals surface area contributed by atoms with Crippen LogP contribution in [0.25, 0.3) is 0 Å². The molecule has 92 valence electrons. The first-order chi connectivity index (χ1) is 7.94. The third kappa shape index (κ3) is 3.82. The maximum atomic E-state index is 12.1. The zero-order valence-corrected chi connectivity index (χ0v) is 11.0. The van der Waals surface area contributed by atoms with Gasteiger partial charge in [0.1, 0.15) is 0 Å². The first-order valence-corrected chi connectivity index (χ1v) is 5.97. The van der Waals surface area contributed by atoms with E-state index in [2.05, 4.69) is 5.32 Å². The highest BCUT2D eigenvalue weighted by Gasteiger charge is 2.28.